The number of H-pyrrole nitrogens is 1. The molecule has 4 aromatic rings. The molecular weight excluding hydrogens is 460 g/mol. The number of fused-ring (bicyclic) bond motifs is 1. The van der Waals surface area contributed by atoms with Crippen LogP contribution in [0.25, 0.3) is 10.2 Å². The van der Waals surface area contributed by atoms with Crippen molar-refractivity contribution in [3.05, 3.63) is 53.3 Å². The van der Waals surface area contributed by atoms with Crippen molar-refractivity contribution < 1.29 is 4.79 Å². The minimum atomic E-state index is 0.0134. The second kappa shape index (κ2) is 9.99. The molecular formula is C25H30N8OS. The Bertz CT molecular complexity index is 1290. The summed E-state index contributed by atoms with van der Waals surface area (Å²) in [6.45, 7) is 6.24. The molecule has 0 bridgehead atoms. The number of anilines is 3. The van der Waals surface area contributed by atoms with Crippen molar-refractivity contribution in [2.45, 2.75) is 64.6 Å². The molecule has 1 saturated heterocycles. The number of likely N-dealkylation sites (tertiary alicyclic amines) is 1. The van der Waals surface area contributed by atoms with Crippen molar-refractivity contribution in [1.29, 1.82) is 0 Å². The highest BCUT2D eigenvalue weighted by Gasteiger charge is 2.38. The van der Waals surface area contributed by atoms with Gasteiger partial charge in [0, 0.05) is 36.1 Å². The first-order valence-electron chi connectivity index (χ1n) is 12.1. The van der Waals surface area contributed by atoms with Crippen LogP contribution < -0.4 is 10.6 Å². The predicted molar refractivity (Wildman–Crippen MR) is 139 cm³/mol. The first kappa shape index (κ1) is 23.2. The first-order valence-corrected chi connectivity index (χ1v) is 13.0. The maximum atomic E-state index is 13.3. The van der Waals surface area contributed by atoms with Gasteiger partial charge in [0.05, 0.1) is 10.2 Å². The van der Waals surface area contributed by atoms with Gasteiger partial charge >= 0.3 is 0 Å². The molecule has 0 aromatic carbocycles. The third-order valence-electron chi connectivity index (χ3n) is 6.55. The Morgan fingerprint density at radius 3 is 2.63 bits per heavy atom. The Morgan fingerprint density at radius 2 is 1.97 bits per heavy atom. The van der Waals surface area contributed by atoms with Crippen LogP contribution in [0.15, 0.2) is 41.9 Å². The molecule has 35 heavy (non-hydrogen) atoms. The van der Waals surface area contributed by atoms with E-state index in [1.54, 1.807) is 23.6 Å². The second-order valence-corrected chi connectivity index (χ2v) is 9.87. The van der Waals surface area contributed by atoms with E-state index < -0.39 is 0 Å². The van der Waals surface area contributed by atoms with E-state index in [0.29, 0.717) is 11.6 Å². The smallest absolute Gasteiger partial charge is 0.272 e. The van der Waals surface area contributed by atoms with Crippen molar-refractivity contribution in [2.75, 3.05) is 10.6 Å². The van der Waals surface area contributed by atoms with Gasteiger partial charge in [0.2, 0.25) is 5.95 Å². The molecule has 1 fully saturated rings. The molecule has 0 spiro atoms. The molecule has 3 N–H and O–H groups in total. The van der Waals surface area contributed by atoms with Crippen LogP contribution in [-0.2, 0) is 0 Å². The Kier molecular flexibility index (Phi) is 6.63. The van der Waals surface area contributed by atoms with Crippen LogP contribution in [0.1, 0.15) is 55.7 Å². The van der Waals surface area contributed by atoms with E-state index >= 15 is 0 Å². The summed E-state index contributed by atoms with van der Waals surface area (Å²) in [6, 6.07) is 9.85. The Morgan fingerprint density at radius 1 is 1.17 bits per heavy atom. The van der Waals surface area contributed by atoms with Gasteiger partial charge in [-0.2, -0.15) is 10.1 Å². The third-order valence-corrected chi connectivity index (χ3v) is 7.46. The maximum Gasteiger partial charge on any atom is 0.272 e. The highest BCUT2D eigenvalue weighted by atomic mass is 32.1. The third kappa shape index (κ3) is 4.84. The molecule has 1 aliphatic rings. The summed E-state index contributed by atoms with van der Waals surface area (Å²) in [5.41, 5.74) is 2.38. The minimum Gasteiger partial charge on any atom is -0.351 e. The topological polar surface area (TPSA) is 112 Å². The average Bonchev–Trinajstić information content (AvgIpc) is 3.52. The molecule has 3 atom stereocenters. The number of aromatic amines is 1. The largest absolute Gasteiger partial charge is 0.351 e. The number of aromatic nitrogens is 5. The number of hydrogen-bond acceptors (Lipinski definition) is 8. The van der Waals surface area contributed by atoms with Gasteiger partial charge < -0.3 is 15.5 Å². The molecule has 0 aliphatic carbocycles. The molecule has 0 radical (unpaired) electrons. The Labute approximate surface area is 208 Å². The first-order chi connectivity index (χ1) is 17.1. The zero-order chi connectivity index (χ0) is 24.4. The molecule has 1 unspecified atom stereocenters. The van der Waals surface area contributed by atoms with Crippen LogP contribution in [-0.4, -0.2) is 54.1 Å². The summed E-state index contributed by atoms with van der Waals surface area (Å²) in [6.07, 6.45) is 5.10. The van der Waals surface area contributed by atoms with E-state index in [9.17, 15) is 4.79 Å². The lowest BCUT2D eigenvalue weighted by Crippen LogP contribution is -2.54. The van der Waals surface area contributed by atoms with Crippen LogP contribution >= 0.6 is 11.3 Å². The van der Waals surface area contributed by atoms with Gasteiger partial charge in [-0.25, -0.2) is 4.98 Å². The van der Waals surface area contributed by atoms with E-state index in [1.165, 1.54) is 0 Å². The number of carbonyl (C=O) groups excluding carboxylic acids is 1. The maximum absolute atomic E-state index is 13.3. The lowest BCUT2D eigenvalue weighted by Gasteiger charge is -2.45. The number of carbonyl (C=O) groups is 1. The fourth-order valence-electron chi connectivity index (χ4n) is 4.87. The fraction of sp³-hybridized carbons (Fsp3) is 0.400. The number of amides is 1. The van der Waals surface area contributed by atoms with E-state index in [4.69, 9.17) is 9.97 Å². The standard InChI is InChI=1S/C25H30N8OS/c1-4-17-13-16(14-18(5-2)33(17)24(34)20-8-6-7-10-26-20)27-25-28-19-9-11-35-22(19)23(30-25)29-21-12-15(3)31-32-21/h6-12,16-18H,4-5,13-14H2,1-3H3,(H3,27,28,29,30,31,32)/t16?,17-,18+. The van der Waals surface area contributed by atoms with Crippen molar-refractivity contribution in [3.8, 4) is 0 Å². The predicted octanol–water partition coefficient (Wildman–Crippen LogP) is 5.14. The van der Waals surface area contributed by atoms with Gasteiger partial charge in [0.25, 0.3) is 5.91 Å². The minimum absolute atomic E-state index is 0.0134. The lowest BCUT2D eigenvalue weighted by molar-refractivity contribution is 0.0406. The number of pyridine rings is 1. The molecule has 9 nitrogen and oxygen atoms in total. The number of hydrogen-bond donors (Lipinski definition) is 3. The van der Waals surface area contributed by atoms with Gasteiger partial charge in [0.1, 0.15) is 5.69 Å². The average molecular weight is 491 g/mol. The highest BCUT2D eigenvalue weighted by Crippen LogP contribution is 2.32. The van der Waals surface area contributed by atoms with Crippen molar-refractivity contribution in [1.82, 2.24) is 30.0 Å². The van der Waals surface area contributed by atoms with Crippen LogP contribution in [0.5, 0.6) is 0 Å². The summed E-state index contributed by atoms with van der Waals surface area (Å²) in [5.74, 6) is 2.06. The number of thiophene rings is 1. The molecule has 5 heterocycles. The van der Waals surface area contributed by atoms with Gasteiger partial charge in [-0.05, 0) is 56.2 Å². The zero-order valence-corrected chi connectivity index (χ0v) is 21.0. The molecule has 182 valence electrons. The van der Waals surface area contributed by atoms with E-state index in [-0.39, 0.29) is 24.0 Å². The zero-order valence-electron chi connectivity index (χ0n) is 20.2. The van der Waals surface area contributed by atoms with Crippen LogP contribution in [0.4, 0.5) is 17.6 Å². The number of nitrogens with zero attached hydrogens (tertiary/aromatic N) is 5. The van der Waals surface area contributed by atoms with Gasteiger partial charge in [-0.15, -0.1) is 11.3 Å². The monoisotopic (exact) mass is 490 g/mol. The summed E-state index contributed by atoms with van der Waals surface area (Å²) >= 11 is 1.60. The molecule has 10 heteroatoms. The summed E-state index contributed by atoms with van der Waals surface area (Å²) < 4.78 is 0.991. The number of nitrogens with one attached hydrogen (secondary N) is 3. The van der Waals surface area contributed by atoms with Gasteiger partial charge in [-0.3, -0.25) is 14.9 Å². The number of piperidine rings is 1. The summed E-state index contributed by atoms with van der Waals surface area (Å²) in [4.78, 5) is 29.3. The van der Waals surface area contributed by atoms with Crippen LogP contribution in [0.2, 0.25) is 0 Å². The SMILES string of the molecule is CC[C@@H]1CC(Nc2nc(Nc3cc(C)[nH]n3)c3sccc3n2)C[C@H](CC)N1C(=O)c1ccccn1. The summed E-state index contributed by atoms with van der Waals surface area (Å²) in [5, 5.41) is 16.2. The quantitative estimate of drug-likeness (QED) is 0.329. The van der Waals surface area contributed by atoms with Gasteiger partial charge in [0.15, 0.2) is 11.6 Å². The second-order valence-electron chi connectivity index (χ2n) is 8.96. The Hall–Kier alpha value is -3.53. The van der Waals surface area contributed by atoms with Crippen molar-refractivity contribution in [2.24, 2.45) is 0 Å². The molecule has 4 aromatic heterocycles. The summed E-state index contributed by atoms with van der Waals surface area (Å²) in [7, 11) is 0. The molecule has 5 rings (SSSR count). The molecule has 1 amide bonds. The Balaban J connectivity index is 1.37. The van der Waals surface area contributed by atoms with E-state index in [2.05, 4.69) is 44.6 Å². The van der Waals surface area contributed by atoms with E-state index in [1.807, 2.05) is 36.6 Å². The lowest BCUT2D eigenvalue weighted by atomic mass is 9.88. The number of rotatable bonds is 7. The van der Waals surface area contributed by atoms with Gasteiger partial charge in [-0.1, -0.05) is 19.9 Å². The van der Waals surface area contributed by atoms with E-state index in [0.717, 1.165) is 53.2 Å². The molecule has 1 aliphatic heterocycles. The molecule has 0 saturated carbocycles. The van der Waals surface area contributed by atoms with Crippen molar-refractivity contribution >= 4 is 45.0 Å². The van der Waals surface area contributed by atoms with Crippen LogP contribution in [0.3, 0.4) is 0 Å². The highest BCUT2D eigenvalue weighted by molar-refractivity contribution is 7.17. The van der Waals surface area contributed by atoms with Crippen molar-refractivity contribution in [3.63, 3.8) is 0 Å². The normalized spacial score (nSPS) is 20.2. The van der Waals surface area contributed by atoms with Crippen LogP contribution in [0, 0.1) is 6.92 Å². The fourth-order valence-corrected chi connectivity index (χ4v) is 5.65. The number of aryl methyl sites for hydroxylation is 1.